The van der Waals surface area contributed by atoms with Crippen LogP contribution in [0.25, 0.3) is 0 Å². The molecule has 1 aliphatic heterocycles. The second kappa shape index (κ2) is 7.42. The fourth-order valence-electron chi connectivity index (χ4n) is 4.23. The number of rotatable bonds is 4. The van der Waals surface area contributed by atoms with Crippen molar-refractivity contribution in [2.75, 3.05) is 11.5 Å². The Morgan fingerprint density at radius 3 is 1.67 bits per heavy atom. The van der Waals surface area contributed by atoms with E-state index in [1.807, 2.05) is 0 Å². The molecule has 6 nitrogen and oxygen atoms in total. The molecule has 1 heterocycles. The third-order valence-corrected chi connectivity index (χ3v) is 7.52. The fraction of sp³-hybridized carbons (Fsp3) is 0.882. The van der Waals surface area contributed by atoms with Crippen LogP contribution in [0, 0.1) is 11.8 Å². The quantitative estimate of drug-likeness (QED) is 0.790. The minimum atomic E-state index is -2.97. The molecule has 0 aromatic heterocycles. The number of amides is 2. The van der Waals surface area contributed by atoms with Crippen molar-refractivity contribution in [3.05, 3.63) is 0 Å². The van der Waals surface area contributed by atoms with Gasteiger partial charge >= 0.3 is 0 Å². The summed E-state index contributed by atoms with van der Waals surface area (Å²) in [7, 11) is -2.97. The Labute approximate surface area is 144 Å². The van der Waals surface area contributed by atoms with Crippen LogP contribution in [-0.2, 0) is 19.4 Å². The van der Waals surface area contributed by atoms with Gasteiger partial charge in [0.15, 0.2) is 9.84 Å². The lowest BCUT2D eigenvalue weighted by Crippen LogP contribution is -2.43. The lowest BCUT2D eigenvalue weighted by Gasteiger charge is -2.28. The van der Waals surface area contributed by atoms with Crippen LogP contribution in [0.5, 0.6) is 0 Å². The molecule has 1 atom stereocenters. The van der Waals surface area contributed by atoms with Gasteiger partial charge in [-0.3, -0.25) is 9.59 Å². The van der Waals surface area contributed by atoms with E-state index in [1.54, 1.807) is 0 Å². The van der Waals surface area contributed by atoms with Gasteiger partial charge in [-0.05, 0) is 44.9 Å². The van der Waals surface area contributed by atoms with E-state index in [9.17, 15) is 18.0 Å². The summed E-state index contributed by atoms with van der Waals surface area (Å²) in [5.41, 5.74) is 0. The number of hydrogen-bond acceptors (Lipinski definition) is 4. The summed E-state index contributed by atoms with van der Waals surface area (Å²) >= 11 is 0. The molecule has 0 radical (unpaired) electrons. The molecule has 2 aliphatic carbocycles. The van der Waals surface area contributed by atoms with Crippen LogP contribution < -0.4 is 10.6 Å². The van der Waals surface area contributed by atoms with Gasteiger partial charge in [-0.15, -0.1) is 0 Å². The second-order valence-corrected chi connectivity index (χ2v) is 9.88. The standard InChI is InChI=1S/C17H28N2O4S/c20-16(18-14-3-1-2-4-14)12-5-7-13(8-6-12)17(21)19-15-9-10-24(22,23)11-15/h12-15H,1-11H2,(H,18,20)(H,19,21). The summed E-state index contributed by atoms with van der Waals surface area (Å²) in [6.45, 7) is 0. The van der Waals surface area contributed by atoms with E-state index in [0.717, 1.165) is 25.7 Å². The Hall–Kier alpha value is -1.11. The lowest BCUT2D eigenvalue weighted by molar-refractivity contribution is -0.131. The van der Waals surface area contributed by atoms with Crippen LogP contribution in [0.1, 0.15) is 57.8 Å². The average Bonchev–Trinajstić information content (AvgIpc) is 3.17. The highest BCUT2D eigenvalue weighted by atomic mass is 32.2. The fourth-order valence-corrected chi connectivity index (χ4v) is 5.91. The molecular weight excluding hydrogens is 328 g/mol. The molecule has 2 N–H and O–H groups in total. The first-order valence-electron chi connectivity index (χ1n) is 9.24. The highest BCUT2D eigenvalue weighted by Crippen LogP contribution is 2.30. The summed E-state index contributed by atoms with van der Waals surface area (Å²) in [5.74, 6) is 0.309. The molecule has 2 amide bonds. The number of sulfone groups is 1. The van der Waals surface area contributed by atoms with E-state index in [1.165, 1.54) is 12.8 Å². The molecular formula is C17H28N2O4S. The van der Waals surface area contributed by atoms with Crippen molar-refractivity contribution in [3.8, 4) is 0 Å². The molecule has 24 heavy (non-hydrogen) atoms. The minimum Gasteiger partial charge on any atom is -0.353 e. The van der Waals surface area contributed by atoms with Crippen molar-refractivity contribution >= 4 is 21.7 Å². The summed E-state index contributed by atoms with van der Waals surface area (Å²) in [6.07, 6.45) is 8.04. The Morgan fingerprint density at radius 2 is 1.21 bits per heavy atom. The van der Waals surface area contributed by atoms with Gasteiger partial charge in [0.25, 0.3) is 0 Å². The molecule has 136 valence electrons. The smallest absolute Gasteiger partial charge is 0.223 e. The van der Waals surface area contributed by atoms with Crippen LogP contribution in [0.2, 0.25) is 0 Å². The van der Waals surface area contributed by atoms with Gasteiger partial charge in [0, 0.05) is 23.9 Å². The van der Waals surface area contributed by atoms with Gasteiger partial charge in [-0.1, -0.05) is 12.8 Å². The zero-order valence-electron chi connectivity index (χ0n) is 14.1. The van der Waals surface area contributed by atoms with Gasteiger partial charge in [-0.25, -0.2) is 8.42 Å². The third kappa shape index (κ3) is 4.49. The zero-order valence-corrected chi connectivity index (χ0v) is 14.9. The van der Waals surface area contributed by atoms with E-state index >= 15 is 0 Å². The molecule has 1 saturated heterocycles. The lowest BCUT2D eigenvalue weighted by atomic mass is 9.81. The van der Waals surface area contributed by atoms with E-state index in [-0.39, 0.29) is 41.2 Å². The maximum atomic E-state index is 12.3. The van der Waals surface area contributed by atoms with Gasteiger partial charge in [0.1, 0.15) is 0 Å². The topological polar surface area (TPSA) is 92.3 Å². The monoisotopic (exact) mass is 356 g/mol. The van der Waals surface area contributed by atoms with Crippen LogP contribution >= 0.6 is 0 Å². The first-order chi connectivity index (χ1) is 11.4. The molecule has 3 rings (SSSR count). The molecule has 0 aromatic rings. The Morgan fingerprint density at radius 1 is 0.708 bits per heavy atom. The first-order valence-corrected chi connectivity index (χ1v) is 11.1. The average molecular weight is 356 g/mol. The summed E-state index contributed by atoms with van der Waals surface area (Å²) in [6, 6.07) is 0.119. The van der Waals surface area contributed by atoms with Gasteiger partial charge in [0.2, 0.25) is 11.8 Å². The van der Waals surface area contributed by atoms with Crippen molar-refractivity contribution in [3.63, 3.8) is 0 Å². The molecule has 3 aliphatic rings. The van der Waals surface area contributed by atoms with E-state index in [0.29, 0.717) is 25.3 Å². The summed E-state index contributed by atoms with van der Waals surface area (Å²) in [4.78, 5) is 24.6. The normalized spacial score (nSPS) is 33.2. The first kappa shape index (κ1) is 17.7. The van der Waals surface area contributed by atoms with Crippen LogP contribution in [-0.4, -0.2) is 43.8 Å². The van der Waals surface area contributed by atoms with E-state index < -0.39 is 9.84 Å². The van der Waals surface area contributed by atoms with Crippen LogP contribution in [0.4, 0.5) is 0 Å². The summed E-state index contributed by atoms with van der Waals surface area (Å²) in [5, 5.41) is 6.04. The number of carbonyl (C=O) groups is 2. The molecule has 3 fully saturated rings. The number of carbonyl (C=O) groups excluding carboxylic acids is 2. The highest BCUT2D eigenvalue weighted by molar-refractivity contribution is 7.91. The van der Waals surface area contributed by atoms with Crippen molar-refractivity contribution < 1.29 is 18.0 Å². The molecule has 1 unspecified atom stereocenters. The predicted molar refractivity (Wildman–Crippen MR) is 91.0 cm³/mol. The van der Waals surface area contributed by atoms with Gasteiger partial charge in [0.05, 0.1) is 11.5 Å². The Kier molecular flexibility index (Phi) is 5.47. The van der Waals surface area contributed by atoms with Crippen molar-refractivity contribution in [1.82, 2.24) is 10.6 Å². The van der Waals surface area contributed by atoms with E-state index in [2.05, 4.69) is 10.6 Å². The Balaban J connectivity index is 1.41. The molecule has 0 spiro atoms. The summed E-state index contributed by atoms with van der Waals surface area (Å²) < 4.78 is 22.9. The molecule has 7 heteroatoms. The minimum absolute atomic E-state index is 0.0292. The predicted octanol–water partition coefficient (Wildman–Crippen LogP) is 1.15. The van der Waals surface area contributed by atoms with Crippen LogP contribution in [0.3, 0.4) is 0 Å². The largest absolute Gasteiger partial charge is 0.353 e. The van der Waals surface area contributed by atoms with Gasteiger partial charge in [-0.2, -0.15) is 0 Å². The molecule has 2 saturated carbocycles. The zero-order chi connectivity index (χ0) is 17.2. The number of hydrogen-bond donors (Lipinski definition) is 2. The maximum Gasteiger partial charge on any atom is 0.223 e. The van der Waals surface area contributed by atoms with Crippen LogP contribution in [0.15, 0.2) is 0 Å². The Bertz CT molecular complexity index is 575. The van der Waals surface area contributed by atoms with Gasteiger partial charge < -0.3 is 10.6 Å². The van der Waals surface area contributed by atoms with Crippen molar-refractivity contribution in [1.29, 1.82) is 0 Å². The SMILES string of the molecule is O=C(NC1CCCC1)C1CCC(C(=O)NC2CCS(=O)(=O)C2)CC1. The second-order valence-electron chi connectivity index (χ2n) is 7.65. The third-order valence-electron chi connectivity index (χ3n) is 5.75. The highest BCUT2D eigenvalue weighted by Gasteiger charge is 2.34. The van der Waals surface area contributed by atoms with E-state index in [4.69, 9.17) is 0 Å². The number of nitrogens with one attached hydrogen (secondary N) is 2. The van der Waals surface area contributed by atoms with Crippen molar-refractivity contribution in [2.24, 2.45) is 11.8 Å². The van der Waals surface area contributed by atoms with Crippen molar-refractivity contribution in [2.45, 2.75) is 69.9 Å². The maximum absolute atomic E-state index is 12.3. The molecule has 0 aromatic carbocycles. The molecule has 0 bridgehead atoms.